The minimum atomic E-state index is 0.645. The molecule has 0 aliphatic rings. The normalized spacial score (nSPS) is 10.4. The highest BCUT2D eigenvalue weighted by Crippen LogP contribution is 2.27. The molecule has 106 valence electrons. The van der Waals surface area contributed by atoms with Gasteiger partial charge in [-0.25, -0.2) is 4.98 Å². The molecule has 20 heavy (non-hydrogen) atoms. The van der Waals surface area contributed by atoms with E-state index in [9.17, 15) is 0 Å². The molecule has 0 atom stereocenters. The molecule has 0 spiro atoms. The highest BCUT2D eigenvalue weighted by atomic mass is 16.5. The summed E-state index contributed by atoms with van der Waals surface area (Å²) in [5.41, 5.74) is 8.94. The first-order valence-electron chi connectivity index (χ1n) is 6.69. The molecule has 0 amide bonds. The molecule has 0 aliphatic carbocycles. The molecule has 0 saturated carbocycles. The lowest BCUT2D eigenvalue weighted by atomic mass is 10.1. The molecule has 0 fully saturated rings. The maximum atomic E-state index is 5.58. The number of nitrogens with zero attached hydrogens (tertiary/aromatic N) is 2. The summed E-state index contributed by atoms with van der Waals surface area (Å²) in [7, 11) is 3.68. The Morgan fingerprint density at radius 2 is 2.10 bits per heavy atom. The molecule has 2 N–H and O–H groups in total. The number of ether oxygens (including phenoxy) is 1. The molecule has 4 nitrogen and oxygen atoms in total. The highest BCUT2D eigenvalue weighted by molar-refractivity contribution is 5.63. The molecule has 0 radical (unpaired) electrons. The van der Waals surface area contributed by atoms with Crippen LogP contribution in [0.25, 0.3) is 0 Å². The van der Waals surface area contributed by atoms with Gasteiger partial charge in [-0.15, -0.1) is 0 Å². The van der Waals surface area contributed by atoms with E-state index in [2.05, 4.69) is 22.9 Å². The molecule has 0 bridgehead atoms. The van der Waals surface area contributed by atoms with Crippen LogP contribution in [0.5, 0.6) is 5.75 Å². The number of nitrogens with two attached hydrogens (primary N) is 1. The van der Waals surface area contributed by atoms with Crippen LogP contribution < -0.4 is 15.4 Å². The second-order valence-corrected chi connectivity index (χ2v) is 4.78. The Balaban J connectivity index is 2.30. The summed E-state index contributed by atoms with van der Waals surface area (Å²) in [5.74, 6) is 1.78. The number of benzene rings is 1. The van der Waals surface area contributed by atoms with Gasteiger partial charge in [-0.2, -0.15) is 0 Å². The zero-order valence-corrected chi connectivity index (χ0v) is 12.3. The fourth-order valence-corrected chi connectivity index (χ4v) is 2.22. The third-order valence-electron chi connectivity index (χ3n) is 3.30. The van der Waals surface area contributed by atoms with E-state index >= 15 is 0 Å². The molecule has 2 aromatic rings. The van der Waals surface area contributed by atoms with Crippen molar-refractivity contribution in [2.24, 2.45) is 5.73 Å². The second kappa shape index (κ2) is 6.39. The standard InChI is InChI=1S/C16H21N3O/c1-12-9-13(7-8-17)11-18-16(12)19(2)14-5-4-6-15(10-14)20-3/h4-6,9-11H,7-8,17H2,1-3H3. The van der Waals surface area contributed by atoms with Crippen LogP contribution in [0.4, 0.5) is 11.5 Å². The van der Waals surface area contributed by atoms with Crippen molar-refractivity contribution < 1.29 is 4.74 Å². The first-order valence-corrected chi connectivity index (χ1v) is 6.69. The lowest BCUT2D eigenvalue weighted by molar-refractivity contribution is 0.415. The fraction of sp³-hybridized carbons (Fsp3) is 0.312. The number of aromatic nitrogens is 1. The number of pyridine rings is 1. The predicted octanol–water partition coefficient (Wildman–Crippen LogP) is 2.67. The Bertz CT molecular complexity index is 584. The van der Waals surface area contributed by atoms with E-state index in [0.29, 0.717) is 6.54 Å². The average molecular weight is 271 g/mol. The van der Waals surface area contributed by atoms with Crippen molar-refractivity contribution in [1.82, 2.24) is 4.98 Å². The van der Waals surface area contributed by atoms with Crippen molar-refractivity contribution in [2.45, 2.75) is 13.3 Å². The first-order chi connectivity index (χ1) is 9.65. The Kier molecular flexibility index (Phi) is 4.58. The van der Waals surface area contributed by atoms with Crippen LogP contribution in [0.3, 0.4) is 0 Å². The number of aryl methyl sites for hydroxylation is 1. The zero-order valence-electron chi connectivity index (χ0n) is 12.3. The predicted molar refractivity (Wildman–Crippen MR) is 82.8 cm³/mol. The topological polar surface area (TPSA) is 51.4 Å². The summed E-state index contributed by atoms with van der Waals surface area (Å²) in [6, 6.07) is 10.1. The van der Waals surface area contributed by atoms with Crippen LogP contribution >= 0.6 is 0 Å². The molecule has 0 unspecified atom stereocenters. The minimum Gasteiger partial charge on any atom is -0.497 e. The van der Waals surface area contributed by atoms with E-state index < -0.39 is 0 Å². The van der Waals surface area contributed by atoms with Gasteiger partial charge in [-0.3, -0.25) is 0 Å². The van der Waals surface area contributed by atoms with Gasteiger partial charge in [0.25, 0.3) is 0 Å². The summed E-state index contributed by atoms with van der Waals surface area (Å²) in [5, 5.41) is 0. The molecular formula is C16H21N3O. The van der Waals surface area contributed by atoms with Gasteiger partial charge < -0.3 is 15.4 Å². The smallest absolute Gasteiger partial charge is 0.135 e. The quantitative estimate of drug-likeness (QED) is 0.908. The van der Waals surface area contributed by atoms with Crippen molar-refractivity contribution in [3.8, 4) is 5.75 Å². The molecule has 1 aromatic carbocycles. The SMILES string of the molecule is COc1cccc(N(C)c2ncc(CCN)cc2C)c1. The summed E-state index contributed by atoms with van der Waals surface area (Å²) >= 11 is 0. The maximum Gasteiger partial charge on any atom is 0.135 e. The highest BCUT2D eigenvalue weighted by Gasteiger charge is 2.10. The van der Waals surface area contributed by atoms with Gasteiger partial charge in [0.2, 0.25) is 0 Å². The molecule has 0 saturated heterocycles. The maximum absolute atomic E-state index is 5.58. The summed E-state index contributed by atoms with van der Waals surface area (Å²) in [6.07, 6.45) is 2.75. The van der Waals surface area contributed by atoms with Crippen molar-refractivity contribution in [3.63, 3.8) is 0 Å². The van der Waals surface area contributed by atoms with Crippen molar-refractivity contribution in [1.29, 1.82) is 0 Å². The van der Waals surface area contributed by atoms with Crippen molar-refractivity contribution in [3.05, 3.63) is 47.7 Å². The molecule has 4 heteroatoms. The van der Waals surface area contributed by atoms with E-state index in [1.54, 1.807) is 7.11 Å². The number of hydrogen-bond donors (Lipinski definition) is 1. The van der Waals surface area contributed by atoms with Crippen LogP contribution in [-0.4, -0.2) is 25.7 Å². The number of hydrogen-bond acceptors (Lipinski definition) is 4. The average Bonchev–Trinajstić information content (AvgIpc) is 2.47. The Morgan fingerprint density at radius 3 is 2.75 bits per heavy atom. The van der Waals surface area contributed by atoms with E-state index in [1.165, 1.54) is 5.56 Å². The molecule has 1 aromatic heterocycles. The van der Waals surface area contributed by atoms with Gasteiger partial charge in [0.15, 0.2) is 0 Å². The third-order valence-corrected chi connectivity index (χ3v) is 3.30. The monoisotopic (exact) mass is 271 g/mol. The van der Waals surface area contributed by atoms with Crippen LogP contribution in [0.2, 0.25) is 0 Å². The first kappa shape index (κ1) is 14.3. The third kappa shape index (κ3) is 3.08. The number of rotatable bonds is 5. The van der Waals surface area contributed by atoms with Gasteiger partial charge in [-0.05, 0) is 43.1 Å². The van der Waals surface area contributed by atoms with E-state index in [0.717, 1.165) is 29.2 Å². The van der Waals surface area contributed by atoms with Crippen molar-refractivity contribution in [2.75, 3.05) is 25.6 Å². The van der Waals surface area contributed by atoms with Crippen LogP contribution in [-0.2, 0) is 6.42 Å². The van der Waals surface area contributed by atoms with E-state index in [1.807, 2.05) is 37.5 Å². The van der Waals surface area contributed by atoms with E-state index in [-0.39, 0.29) is 0 Å². The van der Waals surface area contributed by atoms with Crippen LogP contribution in [0.1, 0.15) is 11.1 Å². The summed E-state index contributed by atoms with van der Waals surface area (Å²) in [6.45, 7) is 2.71. The van der Waals surface area contributed by atoms with Crippen LogP contribution in [0, 0.1) is 6.92 Å². The Labute approximate surface area is 120 Å². The minimum absolute atomic E-state index is 0.645. The van der Waals surface area contributed by atoms with Crippen molar-refractivity contribution >= 4 is 11.5 Å². The fourth-order valence-electron chi connectivity index (χ4n) is 2.22. The second-order valence-electron chi connectivity index (χ2n) is 4.78. The molecule has 1 heterocycles. The van der Waals surface area contributed by atoms with Gasteiger partial charge >= 0.3 is 0 Å². The zero-order chi connectivity index (χ0) is 14.5. The molecule has 0 aliphatic heterocycles. The Hall–Kier alpha value is -2.07. The number of methoxy groups -OCH3 is 1. The van der Waals surface area contributed by atoms with Gasteiger partial charge in [0.05, 0.1) is 7.11 Å². The van der Waals surface area contributed by atoms with Gasteiger partial charge in [-0.1, -0.05) is 12.1 Å². The number of anilines is 2. The van der Waals surface area contributed by atoms with Gasteiger partial charge in [0.1, 0.15) is 11.6 Å². The molecule has 2 rings (SSSR count). The Morgan fingerprint density at radius 1 is 1.30 bits per heavy atom. The van der Waals surface area contributed by atoms with E-state index in [4.69, 9.17) is 10.5 Å². The van der Waals surface area contributed by atoms with Gasteiger partial charge in [0, 0.05) is 25.0 Å². The largest absolute Gasteiger partial charge is 0.497 e. The lowest BCUT2D eigenvalue weighted by Gasteiger charge is -2.21. The van der Waals surface area contributed by atoms with Crippen LogP contribution in [0.15, 0.2) is 36.5 Å². The lowest BCUT2D eigenvalue weighted by Crippen LogP contribution is -2.13. The molecular weight excluding hydrogens is 250 g/mol. The summed E-state index contributed by atoms with van der Waals surface area (Å²) in [4.78, 5) is 6.62. The summed E-state index contributed by atoms with van der Waals surface area (Å²) < 4.78 is 5.26.